The molecule has 9 heteroatoms. The summed E-state index contributed by atoms with van der Waals surface area (Å²) >= 11 is 0. The number of halogens is 2. The van der Waals surface area contributed by atoms with Crippen molar-refractivity contribution in [2.75, 3.05) is 5.32 Å². The fraction of sp³-hybridized carbons (Fsp3) is 0.278. The number of carbonyl (C=O) groups is 1. The molecule has 1 saturated carbocycles. The highest BCUT2D eigenvalue weighted by Crippen LogP contribution is 2.27. The molecule has 0 atom stereocenters. The molecule has 0 unspecified atom stereocenters. The molecule has 1 aliphatic rings. The Morgan fingerprint density at radius 3 is 2.56 bits per heavy atom. The van der Waals surface area contributed by atoms with Crippen molar-refractivity contribution in [3.8, 4) is 5.75 Å². The van der Waals surface area contributed by atoms with Crippen LogP contribution in [0.2, 0.25) is 0 Å². The summed E-state index contributed by atoms with van der Waals surface area (Å²) in [5.74, 6) is -0.807. The molecule has 1 fully saturated rings. The van der Waals surface area contributed by atoms with Crippen LogP contribution in [-0.4, -0.2) is 27.0 Å². The van der Waals surface area contributed by atoms with E-state index >= 15 is 0 Å². The molecule has 1 aliphatic carbocycles. The van der Waals surface area contributed by atoms with Gasteiger partial charge >= 0.3 is 6.61 Å². The van der Waals surface area contributed by atoms with E-state index in [4.69, 9.17) is 0 Å². The van der Waals surface area contributed by atoms with Crippen molar-refractivity contribution in [2.24, 2.45) is 0 Å². The minimum absolute atomic E-state index is 0.0257. The summed E-state index contributed by atoms with van der Waals surface area (Å²) in [6.45, 7) is -1.38. The molecule has 0 heterocycles. The van der Waals surface area contributed by atoms with Gasteiger partial charge in [-0.3, -0.25) is 4.79 Å². The van der Waals surface area contributed by atoms with Crippen LogP contribution in [-0.2, 0) is 10.0 Å². The topological polar surface area (TPSA) is 84.5 Å². The van der Waals surface area contributed by atoms with Crippen molar-refractivity contribution in [3.05, 3.63) is 53.6 Å². The third-order valence-corrected chi connectivity index (χ3v) is 5.53. The van der Waals surface area contributed by atoms with Crippen LogP contribution in [0, 0.1) is 6.92 Å². The van der Waals surface area contributed by atoms with Crippen molar-refractivity contribution in [2.45, 2.75) is 37.3 Å². The zero-order valence-corrected chi connectivity index (χ0v) is 15.2. The molecule has 1 amide bonds. The van der Waals surface area contributed by atoms with Crippen LogP contribution in [0.25, 0.3) is 0 Å². The van der Waals surface area contributed by atoms with Crippen LogP contribution < -0.4 is 14.8 Å². The van der Waals surface area contributed by atoms with Gasteiger partial charge < -0.3 is 10.1 Å². The SMILES string of the molecule is Cc1ccc(S(=O)(=O)NC2CC2)cc1C(=O)Nc1ccccc1OC(F)F. The molecule has 2 aromatic rings. The quantitative estimate of drug-likeness (QED) is 0.752. The first-order valence-electron chi connectivity index (χ1n) is 8.24. The molecule has 2 N–H and O–H groups in total. The first kappa shape index (κ1) is 19.2. The van der Waals surface area contributed by atoms with Crippen LogP contribution in [0.1, 0.15) is 28.8 Å². The van der Waals surface area contributed by atoms with Crippen molar-refractivity contribution in [1.29, 1.82) is 0 Å². The summed E-state index contributed by atoms with van der Waals surface area (Å²) in [5, 5.41) is 2.49. The van der Waals surface area contributed by atoms with E-state index in [-0.39, 0.29) is 27.9 Å². The van der Waals surface area contributed by atoms with E-state index < -0.39 is 22.5 Å². The van der Waals surface area contributed by atoms with Crippen LogP contribution >= 0.6 is 0 Å². The fourth-order valence-electron chi connectivity index (χ4n) is 2.46. The highest BCUT2D eigenvalue weighted by Gasteiger charge is 2.28. The summed E-state index contributed by atoms with van der Waals surface area (Å²) < 4.78 is 56.7. The third kappa shape index (κ3) is 4.81. The Kier molecular flexibility index (Phi) is 5.43. The molecule has 144 valence electrons. The van der Waals surface area contributed by atoms with E-state index in [0.717, 1.165) is 12.8 Å². The number of ether oxygens (including phenoxy) is 1. The number of sulfonamides is 1. The Bertz CT molecular complexity index is 960. The lowest BCUT2D eigenvalue weighted by molar-refractivity contribution is -0.0493. The van der Waals surface area contributed by atoms with E-state index in [2.05, 4.69) is 14.8 Å². The molecule has 0 spiro atoms. The first-order valence-corrected chi connectivity index (χ1v) is 9.73. The zero-order valence-electron chi connectivity index (χ0n) is 14.4. The molecule has 27 heavy (non-hydrogen) atoms. The lowest BCUT2D eigenvalue weighted by Gasteiger charge is -2.13. The number of aryl methyl sites for hydroxylation is 1. The Balaban J connectivity index is 1.86. The van der Waals surface area contributed by atoms with E-state index in [1.807, 2.05) is 0 Å². The van der Waals surface area contributed by atoms with Gasteiger partial charge in [0.05, 0.1) is 10.6 Å². The molecule has 3 rings (SSSR count). The van der Waals surface area contributed by atoms with Gasteiger partial charge in [0, 0.05) is 11.6 Å². The maximum Gasteiger partial charge on any atom is 0.387 e. The standard InChI is InChI=1S/C18H18F2N2O4S/c1-11-6-9-13(27(24,25)22-12-7-8-12)10-14(11)17(23)21-15-4-2-3-5-16(15)26-18(19)20/h2-6,9-10,12,18,22H,7-8H2,1H3,(H,21,23). The average molecular weight is 396 g/mol. The minimum atomic E-state index is -3.72. The summed E-state index contributed by atoms with van der Waals surface area (Å²) in [7, 11) is -3.72. The van der Waals surface area contributed by atoms with Gasteiger partial charge in [-0.15, -0.1) is 0 Å². The highest BCUT2D eigenvalue weighted by molar-refractivity contribution is 7.89. The third-order valence-electron chi connectivity index (χ3n) is 4.01. The second-order valence-electron chi connectivity index (χ2n) is 6.20. The lowest BCUT2D eigenvalue weighted by Crippen LogP contribution is -2.26. The van der Waals surface area contributed by atoms with Gasteiger partial charge in [-0.2, -0.15) is 8.78 Å². The van der Waals surface area contributed by atoms with E-state index in [1.165, 1.54) is 36.4 Å². The fourth-order valence-corrected chi connectivity index (χ4v) is 3.79. The predicted molar refractivity (Wildman–Crippen MR) is 95.5 cm³/mol. The van der Waals surface area contributed by atoms with Crippen molar-refractivity contribution in [3.63, 3.8) is 0 Å². The number of benzene rings is 2. The molecule has 0 saturated heterocycles. The van der Waals surface area contributed by atoms with E-state index in [0.29, 0.717) is 5.56 Å². The minimum Gasteiger partial charge on any atom is -0.433 e. The predicted octanol–water partition coefficient (Wildman–Crippen LogP) is 3.29. The van der Waals surface area contributed by atoms with Gasteiger partial charge in [0.15, 0.2) is 0 Å². The number of amides is 1. The Morgan fingerprint density at radius 1 is 1.19 bits per heavy atom. The molecular formula is C18H18F2N2O4S. The molecule has 2 aromatic carbocycles. The van der Waals surface area contributed by atoms with Crippen LogP contribution in [0.3, 0.4) is 0 Å². The maximum atomic E-state index is 12.6. The number of nitrogens with one attached hydrogen (secondary N) is 2. The molecule has 6 nitrogen and oxygen atoms in total. The molecule has 0 bridgehead atoms. The van der Waals surface area contributed by atoms with Gasteiger partial charge in [0.1, 0.15) is 5.75 Å². The second-order valence-corrected chi connectivity index (χ2v) is 7.92. The van der Waals surface area contributed by atoms with Crippen LogP contribution in [0.5, 0.6) is 5.75 Å². The van der Waals surface area contributed by atoms with Crippen molar-refractivity contribution in [1.82, 2.24) is 4.72 Å². The largest absolute Gasteiger partial charge is 0.433 e. The van der Waals surface area contributed by atoms with Gasteiger partial charge in [-0.1, -0.05) is 18.2 Å². The number of hydrogen-bond donors (Lipinski definition) is 2. The Hall–Kier alpha value is -2.52. The Morgan fingerprint density at radius 2 is 1.89 bits per heavy atom. The first-order chi connectivity index (χ1) is 12.8. The zero-order chi connectivity index (χ0) is 19.6. The van der Waals surface area contributed by atoms with Crippen LogP contribution in [0.4, 0.5) is 14.5 Å². The lowest BCUT2D eigenvalue weighted by atomic mass is 10.1. The average Bonchev–Trinajstić information content (AvgIpc) is 3.39. The highest BCUT2D eigenvalue weighted by atomic mass is 32.2. The monoisotopic (exact) mass is 396 g/mol. The normalized spacial score (nSPS) is 14.2. The maximum absolute atomic E-state index is 12.6. The van der Waals surface area contributed by atoms with Crippen LogP contribution in [0.15, 0.2) is 47.4 Å². The molecular weight excluding hydrogens is 378 g/mol. The van der Waals surface area contributed by atoms with Crippen molar-refractivity contribution >= 4 is 21.6 Å². The molecule has 0 aromatic heterocycles. The Labute approximate surface area is 155 Å². The molecule has 0 radical (unpaired) electrons. The molecule has 0 aliphatic heterocycles. The van der Waals surface area contributed by atoms with Gasteiger partial charge in [0.2, 0.25) is 10.0 Å². The second kappa shape index (κ2) is 7.61. The smallest absolute Gasteiger partial charge is 0.387 e. The summed E-state index contributed by atoms with van der Waals surface area (Å²) in [6, 6.07) is 9.92. The summed E-state index contributed by atoms with van der Waals surface area (Å²) in [5.41, 5.74) is 0.734. The van der Waals surface area contributed by atoms with E-state index in [1.54, 1.807) is 13.0 Å². The van der Waals surface area contributed by atoms with Crippen molar-refractivity contribution < 1.29 is 26.7 Å². The summed E-state index contributed by atoms with van der Waals surface area (Å²) in [4.78, 5) is 12.6. The van der Waals surface area contributed by atoms with E-state index in [9.17, 15) is 22.0 Å². The number of anilines is 1. The number of para-hydroxylation sites is 2. The number of rotatable bonds is 7. The van der Waals surface area contributed by atoms with Gasteiger partial charge in [-0.25, -0.2) is 13.1 Å². The van der Waals surface area contributed by atoms with Gasteiger partial charge in [-0.05, 0) is 49.6 Å². The number of hydrogen-bond acceptors (Lipinski definition) is 4. The van der Waals surface area contributed by atoms with Gasteiger partial charge in [0.25, 0.3) is 5.91 Å². The number of alkyl halides is 2. The number of carbonyl (C=O) groups excluding carboxylic acids is 1. The summed E-state index contributed by atoms with van der Waals surface area (Å²) in [6.07, 6.45) is 1.58.